The summed E-state index contributed by atoms with van der Waals surface area (Å²) in [5.41, 5.74) is 2.09. The van der Waals surface area contributed by atoms with E-state index in [2.05, 4.69) is 21.2 Å². The summed E-state index contributed by atoms with van der Waals surface area (Å²) < 4.78 is 0.776. The van der Waals surface area contributed by atoms with Crippen molar-refractivity contribution >= 4 is 50.7 Å². The number of amides is 1. The molecule has 2 rings (SSSR count). The molecule has 0 aromatic heterocycles. The van der Waals surface area contributed by atoms with Crippen LogP contribution in [0.25, 0.3) is 0 Å². The maximum absolute atomic E-state index is 12.2. The highest BCUT2D eigenvalue weighted by Gasteiger charge is 2.13. The van der Waals surface area contributed by atoms with Crippen LogP contribution in [-0.2, 0) is 0 Å². The smallest absolute Gasteiger partial charge is 0.256 e. The van der Waals surface area contributed by atoms with E-state index in [4.69, 9.17) is 23.2 Å². The van der Waals surface area contributed by atoms with Crippen molar-refractivity contribution in [3.05, 3.63) is 62.0 Å². The molecule has 1 N–H and O–H groups in total. The standard InChI is InChI=1S/C14H10BrCl2NO/c1-8-3-2-4-10(13(8)15)14(19)18-12-6-5-9(16)7-11(12)17/h2-7H,1H3,(H,18,19). The molecule has 2 aromatic rings. The molecule has 0 aliphatic rings. The summed E-state index contributed by atoms with van der Waals surface area (Å²) >= 11 is 15.2. The highest BCUT2D eigenvalue weighted by Crippen LogP contribution is 2.27. The predicted octanol–water partition coefficient (Wildman–Crippen LogP) is 5.32. The van der Waals surface area contributed by atoms with Crippen LogP contribution in [0.3, 0.4) is 0 Å². The van der Waals surface area contributed by atoms with Crippen molar-refractivity contribution in [2.75, 3.05) is 5.32 Å². The Kier molecular flexibility index (Phi) is 4.50. The maximum Gasteiger partial charge on any atom is 0.256 e. The third-order valence-corrected chi connectivity index (χ3v) is 4.22. The average Bonchev–Trinajstić information content (AvgIpc) is 2.36. The molecule has 0 unspecified atom stereocenters. The molecule has 2 aromatic carbocycles. The summed E-state index contributed by atoms with van der Waals surface area (Å²) in [5, 5.41) is 3.70. The number of carbonyl (C=O) groups excluding carboxylic acids is 1. The molecule has 0 fully saturated rings. The molecule has 0 heterocycles. The van der Waals surface area contributed by atoms with Gasteiger partial charge in [0.05, 0.1) is 16.3 Å². The van der Waals surface area contributed by atoms with Crippen LogP contribution < -0.4 is 5.32 Å². The Morgan fingerprint density at radius 2 is 1.95 bits per heavy atom. The van der Waals surface area contributed by atoms with E-state index < -0.39 is 0 Å². The third kappa shape index (κ3) is 3.30. The van der Waals surface area contributed by atoms with Crippen molar-refractivity contribution in [1.29, 1.82) is 0 Å². The first kappa shape index (κ1) is 14.4. The van der Waals surface area contributed by atoms with Crippen molar-refractivity contribution in [2.24, 2.45) is 0 Å². The van der Waals surface area contributed by atoms with E-state index in [9.17, 15) is 4.79 Å². The van der Waals surface area contributed by atoms with Gasteiger partial charge < -0.3 is 5.32 Å². The van der Waals surface area contributed by atoms with E-state index in [1.54, 1.807) is 24.3 Å². The van der Waals surface area contributed by atoms with E-state index in [1.807, 2.05) is 19.1 Å². The van der Waals surface area contributed by atoms with Crippen molar-refractivity contribution in [3.8, 4) is 0 Å². The highest BCUT2D eigenvalue weighted by atomic mass is 79.9. The van der Waals surface area contributed by atoms with Gasteiger partial charge >= 0.3 is 0 Å². The van der Waals surface area contributed by atoms with Gasteiger partial charge in [-0.15, -0.1) is 0 Å². The second-order valence-corrected chi connectivity index (χ2v) is 5.65. The van der Waals surface area contributed by atoms with Gasteiger partial charge in [-0.25, -0.2) is 0 Å². The van der Waals surface area contributed by atoms with Gasteiger partial charge in [-0.1, -0.05) is 35.3 Å². The van der Waals surface area contributed by atoms with Crippen molar-refractivity contribution in [1.82, 2.24) is 0 Å². The molecule has 0 aliphatic carbocycles. The van der Waals surface area contributed by atoms with Crippen LogP contribution in [0, 0.1) is 6.92 Å². The van der Waals surface area contributed by atoms with Gasteiger partial charge in [-0.05, 0) is 52.7 Å². The Morgan fingerprint density at radius 3 is 2.63 bits per heavy atom. The Bertz CT molecular complexity index is 643. The van der Waals surface area contributed by atoms with Crippen LogP contribution in [0.2, 0.25) is 10.0 Å². The van der Waals surface area contributed by atoms with Gasteiger partial charge in [0.2, 0.25) is 0 Å². The zero-order chi connectivity index (χ0) is 14.0. The molecule has 0 saturated carbocycles. The van der Waals surface area contributed by atoms with Crippen molar-refractivity contribution in [3.63, 3.8) is 0 Å². The zero-order valence-corrected chi connectivity index (χ0v) is 13.1. The van der Waals surface area contributed by atoms with Crippen molar-refractivity contribution < 1.29 is 4.79 Å². The summed E-state index contributed by atoms with van der Waals surface area (Å²) in [5.74, 6) is -0.222. The van der Waals surface area contributed by atoms with E-state index in [-0.39, 0.29) is 5.91 Å². The van der Waals surface area contributed by atoms with Gasteiger partial charge in [0.1, 0.15) is 0 Å². The Hall–Kier alpha value is -1.03. The van der Waals surface area contributed by atoms with Crippen LogP contribution in [-0.4, -0.2) is 5.91 Å². The zero-order valence-electron chi connectivity index (χ0n) is 10.0. The van der Waals surface area contributed by atoms with Gasteiger partial charge in [0.15, 0.2) is 0 Å². The molecule has 0 spiro atoms. The summed E-state index contributed by atoms with van der Waals surface area (Å²) in [4.78, 5) is 12.2. The SMILES string of the molecule is Cc1cccc(C(=O)Nc2ccc(Cl)cc2Cl)c1Br. The quantitative estimate of drug-likeness (QED) is 0.773. The second-order valence-electron chi connectivity index (χ2n) is 4.01. The molecular formula is C14H10BrCl2NO. The van der Waals surface area contributed by atoms with Gasteiger partial charge in [-0.3, -0.25) is 4.79 Å². The lowest BCUT2D eigenvalue weighted by Gasteiger charge is -2.10. The average molecular weight is 359 g/mol. The van der Waals surface area contributed by atoms with Crippen LogP contribution in [0.4, 0.5) is 5.69 Å². The topological polar surface area (TPSA) is 29.1 Å². The fraction of sp³-hybridized carbons (Fsp3) is 0.0714. The molecule has 0 saturated heterocycles. The lowest BCUT2D eigenvalue weighted by Crippen LogP contribution is -2.13. The van der Waals surface area contributed by atoms with E-state index in [1.165, 1.54) is 0 Å². The van der Waals surface area contributed by atoms with Crippen LogP contribution in [0.1, 0.15) is 15.9 Å². The van der Waals surface area contributed by atoms with Crippen LogP contribution in [0.5, 0.6) is 0 Å². The predicted molar refractivity (Wildman–Crippen MR) is 83.3 cm³/mol. The lowest BCUT2D eigenvalue weighted by atomic mass is 10.1. The number of carbonyl (C=O) groups is 1. The second kappa shape index (κ2) is 5.95. The lowest BCUT2D eigenvalue weighted by molar-refractivity contribution is 0.102. The Balaban J connectivity index is 2.28. The highest BCUT2D eigenvalue weighted by molar-refractivity contribution is 9.10. The van der Waals surface area contributed by atoms with Crippen LogP contribution in [0.15, 0.2) is 40.9 Å². The molecule has 0 bridgehead atoms. The summed E-state index contributed by atoms with van der Waals surface area (Å²) in [7, 11) is 0. The Labute approximate surface area is 129 Å². The first-order valence-electron chi connectivity index (χ1n) is 5.50. The Morgan fingerprint density at radius 1 is 1.21 bits per heavy atom. The molecule has 98 valence electrons. The van der Waals surface area contributed by atoms with Crippen molar-refractivity contribution in [2.45, 2.75) is 6.92 Å². The number of benzene rings is 2. The molecule has 5 heteroatoms. The fourth-order valence-electron chi connectivity index (χ4n) is 1.60. The number of halogens is 3. The van der Waals surface area contributed by atoms with Gasteiger partial charge in [0.25, 0.3) is 5.91 Å². The molecule has 1 amide bonds. The number of aryl methyl sites for hydroxylation is 1. The molecular weight excluding hydrogens is 349 g/mol. The number of hydrogen-bond donors (Lipinski definition) is 1. The maximum atomic E-state index is 12.2. The first-order valence-corrected chi connectivity index (χ1v) is 7.05. The summed E-state index contributed by atoms with van der Waals surface area (Å²) in [6, 6.07) is 10.4. The third-order valence-electron chi connectivity index (χ3n) is 2.62. The number of nitrogens with one attached hydrogen (secondary N) is 1. The number of anilines is 1. The molecule has 2 nitrogen and oxygen atoms in total. The molecule has 0 atom stereocenters. The fourth-order valence-corrected chi connectivity index (χ4v) is 2.50. The number of rotatable bonds is 2. The molecule has 19 heavy (non-hydrogen) atoms. The monoisotopic (exact) mass is 357 g/mol. The first-order chi connectivity index (χ1) is 8.99. The minimum absolute atomic E-state index is 0.222. The van der Waals surface area contributed by atoms with E-state index in [0.717, 1.165) is 10.0 Å². The largest absolute Gasteiger partial charge is 0.321 e. The summed E-state index contributed by atoms with van der Waals surface area (Å²) in [6.45, 7) is 1.93. The molecule has 0 radical (unpaired) electrons. The van der Waals surface area contributed by atoms with Crippen LogP contribution >= 0.6 is 39.1 Å². The number of hydrogen-bond acceptors (Lipinski definition) is 1. The normalized spacial score (nSPS) is 10.3. The minimum Gasteiger partial charge on any atom is -0.321 e. The van der Waals surface area contributed by atoms with E-state index >= 15 is 0 Å². The summed E-state index contributed by atoms with van der Waals surface area (Å²) in [6.07, 6.45) is 0. The van der Waals surface area contributed by atoms with Gasteiger partial charge in [0, 0.05) is 9.50 Å². The van der Waals surface area contributed by atoms with E-state index in [0.29, 0.717) is 21.3 Å². The van der Waals surface area contributed by atoms with Gasteiger partial charge in [-0.2, -0.15) is 0 Å². The molecule has 0 aliphatic heterocycles. The minimum atomic E-state index is -0.222.